The molecule has 1 heterocycles. The zero-order valence-electron chi connectivity index (χ0n) is 10.6. The molecule has 0 aromatic carbocycles. The van der Waals surface area contributed by atoms with Crippen LogP contribution >= 0.6 is 0 Å². The predicted molar refractivity (Wildman–Crippen MR) is 65.3 cm³/mol. The van der Waals surface area contributed by atoms with Crippen LogP contribution < -0.4 is 5.32 Å². The third-order valence-electron chi connectivity index (χ3n) is 5.62. The number of hydrogen-bond acceptors (Lipinski definition) is 2. The first-order valence-corrected chi connectivity index (χ1v) is 7.34. The van der Waals surface area contributed by atoms with Crippen LogP contribution in [0.25, 0.3) is 0 Å². The third-order valence-corrected chi connectivity index (χ3v) is 5.62. The average molecular weight is 234 g/mol. The van der Waals surface area contributed by atoms with Gasteiger partial charge < -0.3 is 4.90 Å². The molecule has 0 radical (unpaired) electrons. The maximum absolute atomic E-state index is 12.6. The van der Waals surface area contributed by atoms with E-state index < -0.39 is 0 Å². The Labute approximate surface area is 103 Å². The van der Waals surface area contributed by atoms with Crippen molar-refractivity contribution in [1.82, 2.24) is 10.2 Å². The minimum Gasteiger partial charge on any atom is -0.322 e. The topological polar surface area (TPSA) is 32.3 Å². The molecule has 3 aliphatic carbocycles. The van der Waals surface area contributed by atoms with Crippen LogP contribution in [0, 0.1) is 11.8 Å². The van der Waals surface area contributed by atoms with Crippen molar-refractivity contribution in [3.63, 3.8) is 0 Å². The quantitative estimate of drug-likeness (QED) is 0.791. The Morgan fingerprint density at radius 1 is 1.35 bits per heavy atom. The van der Waals surface area contributed by atoms with E-state index in [0.29, 0.717) is 18.1 Å². The fraction of sp³-hybridized carbons (Fsp3) is 0.929. The molecule has 4 aliphatic rings. The van der Waals surface area contributed by atoms with Gasteiger partial charge in [-0.05, 0) is 50.4 Å². The molecule has 1 spiro atoms. The molecule has 1 amide bonds. The molecular weight excluding hydrogens is 212 g/mol. The van der Waals surface area contributed by atoms with Crippen molar-refractivity contribution < 1.29 is 4.79 Å². The maximum atomic E-state index is 12.6. The monoisotopic (exact) mass is 234 g/mol. The number of carbonyl (C=O) groups is 1. The fourth-order valence-corrected chi connectivity index (χ4v) is 4.55. The number of hydrogen-bond donors (Lipinski definition) is 1. The molecule has 1 saturated heterocycles. The van der Waals surface area contributed by atoms with Gasteiger partial charge in [-0.3, -0.25) is 10.1 Å². The van der Waals surface area contributed by atoms with Crippen LogP contribution in [0.4, 0.5) is 0 Å². The van der Waals surface area contributed by atoms with E-state index >= 15 is 0 Å². The van der Waals surface area contributed by atoms with Gasteiger partial charge in [0.25, 0.3) is 0 Å². The summed E-state index contributed by atoms with van der Waals surface area (Å²) in [6.07, 6.45) is 8.97. The van der Waals surface area contributed by atoms with Crippen LogP contribution in [-0.2, 0) is 4.79 Å². The van der Waals surface area contributed by atoms with Crippen molar-refractivity contribution in [1.29, 1.82) is 0 Å². The van der Waals surface area contributed by atoms with Crippen molar-refractivity contribution in [2.45, 2.75) is 69.6 Å². The van der Waals surface area contributed by atoms with Crippen LogP contribution in [0.15, 0.2) is 0 Å². The highest BCUT2D eigenvalue weighted by Gasteiger charge is 2.61. The zero-order valence-corrected chi connectivity index (χ0v) is 10.6. The highest BCUT2D eigenvalue weighted by molar-refractivity contribution is 5.92. The van der Waals surface area contributed by atoms with Gasteiger partial charge in [0, 0.05) is 6.04 Å². The lowest BCUT2D eigenvalue weighted by molar-refractivity contribution is -0.134. The Kier molecular flexibility index (Phi) is 1.98. The molecule has 1 aliphatic heterocycles. The second-order valence-corrected chi connectivity index (χ2v) is 6.61. The van der Waals surface area contributed by atoms with Crippen molar-refractivity contribution in [2.24, 2.45) is 11.8 Å². The third kappa shape index (κ3) is 1.29. The van der Waals surface area contributed by atoms with Crippen LogP contribution in [-0.4, -0.2) is 28.6 Å². The average Bonchev–Trinajstić information content (AvgIpc) is 2.71. The highest BCUT2D eigenvalue weighted by atomic mass is 16.2. The summed E-state index contributed by atoms with van der Waals surface area (Å²) in [4.78, 5) is 14.8. The van der Waals surface area contributed by atoms with Gasteiger partial charge in [0.15, 0.2) is 0 Å². The molecule has 17 heavy (non-hydrogen) atoms. The normalized spacial score (nSPS) is 46.2. The molecule has 4 unspecified atom stereocenters. The maximum Gasteiger partial charge on any atom is 0.244 e. The number of fused-ring (bicyclic) bond motifs is 2. The van der Waals surface area contributed by atoms with E-state index in [1.807, 2.05) is 0 Å². The van der Waals surface area contributed by atoms with E-state index in [1.165, 1.54) is 25.7 Å². The first kappa shape index (κ1) is 10.4. The molecule has 0 aromatic heterocycles. The standard InChI is InChI=1S/C14H22N2O/c1-2-12-15-14(5-6-14)13(17)16(12)11-8-9-3-4-10(11)7-9/h9-12,15H,2-8H2,1H3. The molecular formula is C14H22N2O. The summed E-state index contributed by atoms with van der Waals surface area (Å²) in [5.74, 6) is 2.17. The smallest absolute Gasteiger partial charge is 0.244 e. The Morgan fingerprint density at radius 2 is 2.18 bits per heavy atom. The summed E-state index contributed by atoms with van der Waals surface area (Å²) in [5, 5.41) is 3.60. The zero-order chi connectivity index (χ0) is 11.6. The van der Waals surface area contributed by atoms with Crippen molar-refractivity contribution in [3.8, 4) is 0 Å². The van der Waals surface area contributed by atoms with E-state index in [0.717, 1.165) is 31.1 Å². The lowest BCUT2D eigenvalue weighted by atomic mass is 9.93. The molecule has 4 rings (SSSR count). The first-order valence-electron chi connectivity index (χ1n) is 7.34. The molecule has 1 N–H and O–H groups in total. The van der Waals surface area contributed by atoms with E-state index in [9.17, 15) is 4.79 Å². The molecule has 4 fully saturated rings. The SMILES string of the molecule is CCC1NC2(CC2)C(=O)N1C1CC2CCC1C2. The minimum absolute atomic E-state index is 0.109. The molecule has 2 bridgehead atoms. The first-order chi connectivity index (χ1) is 8.23. The van der Waals surface area contributed by atoms with Crippen molar-refractivity contribution in [2.75, 3.05) is 0 Å². The summed E-state index contributed by atoms with van der Waals surface area (Å²) in [6.45, 7) is 2.20. The van der Waals surface area contributed by atoms with Gasteiger partial charge >= 0.3 is 0 Å². The molecule has 4 atom stereocenters. The van der Waals surface area contributed by atoms with Gasteiger partial charge in [0.2, 0.25) is 5.91 Å². The van der Waals surface area contributed by atoms with Gasteiger partial charge in [-0.1, -0.05) is 13.3 Å². The number of nitrogens with zero attached hydrogens (tertiary/aromatic N) is 1. The number of rotatable bonds is 2. The van der Waals surface area contributed by atoms with E-state index in [1.54, 1.807) is 0 Å². The molecule has 3 nitrogen and oxygen atoms in total. The minimum atomic E-state index is -0.109. The Hall–Kier alpha value is -0.570. The summed E-state index contributed by atoms with van der Waals surface area (Å²) in [7, 11) is 0. The van der Waals surface area contributed by atoms with Gasteiger partial charge in [0.05, 0.1) is 11.7 Å². The van der Waals surface area contributed by atoms with Gasteiger partial charge in [-0.15, -0.1) is 0 Å². The Balaban J connectivity index is 1.61. The van der Waals surface area contributed by atoms with Gasteiger partial charge in [-0.25, -0.2) is 0 Å². The van der Waals surface area contributed by atoms with Crippen molar-refractivity contribution in [3.05, 3.63) is 0 Å². The van der Waals surface area contributed by atoms with Crippen LogP contribution in [0.5, 0.6) is 0 Å². The highest BCUT2D eigenvalue weighted by Crippen LogP contribution is 2.51. The van der Waals surface area contributed by atoms with Gasteiger partial charge in [0.1, 0.15) is 0 Å². The molecule has 94 valence electrons. The Bertz CT molecular complexity index is 363. The van der Waals surface area contributed by atoms with Crippen molar-refractivity contribution >= 4 is 5.91 Å². The summed E-state index contributed by atoms with van der Waals surface area (Å²) < 4.78 is 0. The summed E-state index contributed by atoms with van der Waals surface area (Å²) in [6, 6.07) is 0.568. The largest absolute Gasteiger partial charge is 0.322 e. The van der Waals surface area contributed by atoms with Crippen LogP contribution in [0.3, 0.4) is 0 Å². The second kappa shape index (κ2) is 3.25. The van der Waals surface area contributed by atoms with Crippen LogP contribution in [0.2, 0.25) is 0 Å². The summed E-state index contributed by atoms with van der Waals surface area (Å²) in [5.41, 5.74) is -0.109. The Morgan fingerprint density at radius 3 is 2.71 bits per heavy atom. The second-order valence-electron chi connectivity index (χ2n) is 6.61. The van der Waals surface area contributed by atoms with E-state index in [2.05, 4.69) is 17.1 Å². The fourth-order valence-electron chi connectivity index (χ4n) is 4.55. The van der Waals surface area contributed by atoms with E-state index in [4.69, 9.17) is 0 Å². The van der Waals surface area contributed by atoms with Gasteiger partial charge in [-0.2, -0.15) is 0 Å². The molecule has 3 heteroatoms. The number of carbonyl (C=O) groups excluding carboxylic acids is 1. The number of nitrogens with one attached hydrogen (secondary N) is 1. The van der Waals surface area contributed by atoms with Crippen LogP contribution in [0.1, 0.15) is 51.9 Å². The lowest BCUT2D eigenvalue weighted by Gasteiger charge is -2.35. The predicted octanol–water partition coefficient (Wildman–Crippen LogP) is 1.88. The molecule has 3 saturated carbocycles. The van der Waals surface area contributed by atoms with E-state index in [-0.39, 0.29) is 5.54 Å². The molecule has 0 aromatic rings. The lowest BCUT2D eigenvalue weighted by Crippen LogP contribution is -2.46. The summed E-state index contributed by atoms with van der Waals surface area (Å²) >= 11 is 0. The number of amides is 1.